The number of benzene rings is 2. The number of fused-ring (bicyclic) bond motifs is 1. The Morgan fingerprint density at radius 2 is 2.00 bits per heavy atom. The number of anilines is 1. The minimum atomic E-state index is -4.93. The molecule has 44 heavy (non-hydrogen) atoms. The van der Waals surface area contributed by atoms with Crippen molar-refractivity contribution in [1.29, 1.82) is 0 Å². The molecule has 1 atom stereocenters. The summed E-state index contributed by atoms with van der Waals surface area (Å²) in [6.45, 7) is 0.225. The normalized spacial score (nSPS) is 15.5. The number of nitrogens with zero attached hydrogens (tertiary/aromatic N) is 2. The van der Waals surface area contributed by atoms with Crippen LogP contribution in [0.2, 0.25) is 5.02 Å². The predicted molar refractivity (Wildman–Crippen MR) is 154 cm³/mol. The van der Waals surface area contributed by atoms with Crippen molar-refractivity contribution >= 4 is 44.9 Å². The summed E-state index contributed by atoms with van der Waals surface area (Å²) in [5, 5.41) is 18.4. The SMILES string of the molecule is C/C(=C\c1ccc2c(c1)N(S(=O)(=O)c1cc(C(F)(F)F)cnc1OCCO)C[C@H](CCCC(=O)O)O2)c1c(F)cccc1Cl. The molecule has 0 unspecified atom stereocenters. The summed E-state index contributed by atoms with van der Waals surface area (Å²) < 4.78 is 95.7. The van der Waals surface area contributed by atoms with Crippen LogP contribution in [0.3, 0.4) is 0 Å². The molecule has 0 spiro atoms. The van der Waals surface area contributed by atoms with Crippen LogP contribution in [-0.2, 0) is 21.0 Å². The number of sulfonamides is 1. The number of aliphatic hydroxyl groups is 1. The van der Waals surface area contributed by atoms with E-state index in [1.165, 1.54) is 30.3 Å². The highest BCUT2D eigenvalue weighted by Gasteiger charge is 2.39. The van der Waals surface area contributed by atoms with Crippen LogP contribution in [0.5, 0.6) is 11.6 Å². The maximum absolute atomic E-state index is 14.5. The van der Waals surface area contributed by atoms with Gasteiger partial charge in [-0.1, -0.05) is 29.8 Å². The number of aliphatic carboxylic acids is 1. The lowest BCUT2D eigenvalue weighted by Crippen LogP contribution is -2.43. The van der Waals surface area contributed by atoms with Crippen molar-refractivity contribution in [1.82, 2.24) is 4.98 Å². The largest absolute Gasteiger partial charge is 0.486 e. The summed E-state index contributed by atoms with van der Waals surface area (Å²) >= 11 is 6.19. The van der Waals surface area contributed by atoms with Gasteiger partial charge in [-0.25, -0.2) is 17.8 Å². The number of pyridine rings is 1. The van der Waals surface area contributed by atoms with E-state index in [1.807, 2.05) is 0 Å². The molecule has 0 radical (unpaired) electrons. The van der Waals surface area contributed by atoms with Gasteiger partial charge in [0.2, 0.25) is 5.88 Å². The van der Waals surface area contributed by atoms with E-state index in [0.717, 1.165) is 4.31 Å². The molecule has 236 valence electrons. The molecule has 2 N–H and O–H groups in total. The lowest BCUT2D eigenvalue weighted by molar-refractivity contribution is -0.138. The molecule has 1 aliphatic heterocycles. The molecule has 0 saturated carbocycles. The zero-order valence-corrected chi connectivity index (χ0v) is 24.7. The Kier molecular flexibility index (Phi) is 10.1. The molecule has 2 aromatic carbocycles. The first-order valence-electron chi connectivity index (χ1n) is 13.2. The number of aromatic nitrogens is 1. The minimum absolute atomic E-state index is 0.0359. The van der Waals surface area contributed by atoms with Crippen molar-refractivity contribution in [2.45, 2.75) is 43.4 Å². The fraction of sp³-hybridized carbons (Fsp3) is 0.310. The standard InChI is InChI=1S/C29H27ClF4N2O7S/c1-17(27-21(30)5-3-6-22(27)31)12-18-8-9-24-23(13-18)36(16-20(43-24)4-2-7-26(38)39)44(40,41)25-14-19(29(32,33)34)15-35-28(25)42-11-10-37/h3,5-6,8-9,12-15,20,37H,2,4,7,10-11,16H2,1H3,(H,38,39)/b17-12+/t20-/m0/s1. The lowest BCUT2D eigenvalue weighted by atomic mass is 10.0. The smallest absolute Gasteiger partial charge is 0.417 e. The van der Waals surface area contributed by atoms with Crippen molar-refractivity contribution < 1.29 is 50.5 Å². The third-order valence-corrected chi connectivity index (χ3v) is 8.70. The van der Waals surface area contributed by atoms with Crippen LogP contribution in [0.15, 0.2) is 53.6 Å². The molecule has 0 fully saturated rings. The maximum atomic E-state index is 14.5. The topological polar surface area (TPSA) is 126 Å². The average Bonchev–Trinajstić information content (AvgIpc) is 2.94. The Hall–Kier alpha value is -3.88. The Morgan fingerprint density at radius 3 is 2.66 bits per heavy atom. The summed E-state index contributed by atoms with van der Waals surface area (Å²) in [6.07, 6.45) is -3.75. The van der Waals surface area contributed by atoms with E-state index in [1.54, 1.807) is 19.1 Å². The van der Waals surface area contributed by atoms with Gasteiger partial charge in [-0.15, -0.1) is 0 Å². The fourth-order valence-electron chi connectivity index (χ4n) is 4.62. The molecule has 4 rings (SSSR count). The third-order valence-electron chi connectivity index (χ3n) is 6.62. The number of carboxylic acid groups (broad SMARTS) is 1. The average molecular weight is 659 g/mol. The van der Waals surface area contributed by atoms with E-state index in [0.29, 0.717) is 23.4 Å². The zero-order valence-electron chi connectivity index (χ0n) is 23.1. The molecule has 0 saturated heterocycles. The first-order chi connectivity index (χ1) is 20.7. The molecule has 0 bridgehead atoms. The van der Waals surface area contributed by atoms with Gasteiger partial charge in [0, 0.05) is 18.2 Å². The van der Waals surface area contributed by atoms with Crippen LogP contribution in [-0.4, -0.2) is 55.4 Å². The highest BCUT2D eigenvalue weighted by molar-refractivity contribution is 7.93. The molecule has 0 amide bonds. The minimum Gasteiger partial charge on any atom is -0.486 e. The van der Waals surface area contributed by atoms with Crippen LogP contribution in [0, 0.1) is 5.82 Å². The number of alkyl halides is 3. The third kappa shape index (κ3) is 7.42. The van der Waals surface area contributed by atoms with E-state index < -0.39 is 63.6 Å². The molecule has 9 nitrogen and oxygen atoms in total. The number of allylic oxidation sites excluding steroid dienone is 1. The highest BCUT2D eigenvalue weighted by atomic mass is 35.5. The second kappa shape index (κ2) is 13.4. The van der Waals surface area contributed by atoms with Crippen molar-refractivity contribution in [3.8, 4) is 11.6 Å². The predicted octanol–water partition coefficient (Wildman–Crippen LogP) is 6.04. The van der Waals surface area contributed by atoms with Crippen LogP contribution >= 0.6 is 11.6 Å². The number of hydrogen-bond donors (Lipinski definition) is 2. The molecule has 2 heterocycles. The second-order valence-electron chi connectivity index (χ2n) is 9.81. The van der Waals surface area contributed by atoms with Crippen molar-refractivity contribution in [2.24, 2.45) is 0 Å². The molecule has 1 aromatic heterocycles. The summed E-state index contributed by atoms with van der Waals surface area (Å²) in [5.74, 6) is -2.22. The number of aliphatic hydroxyl groups excluding tert-OH is 1. The van der Waals surface area contributed by atoms with Gasteiger partial charge in [0.15, 0.2) is 4.90 Å². The highest BCUT2D eigenvalue weighted by Crippen LogP contribution is 2.42. The van der Waals surface area contributed by atoms with Gasteiger partial charge in [0.05, 0.1) is 29.4 Å². The van der Waals surface area contributed by atoms with Gasteiger partial charge in [-0.05, 0) is 61.2 Å². The summed E-state index contributed by atoms with van der Waals surface area (Å²) in [5.41, 5.74) is -0.439. The molecule has 0 aliphatic carbocycles. The van der Waals surface area contributed by atoms with Crippen molar-refractivity contribution in [2.75, 3.05) is 24.1 Å². The van der Waals surface area contributed by atoms with E-state index in [-0.39, 0.29) is 47.8 Å². The lowest BCUT2D eigenvalue weighted by Gasteiger charge is -2.36. The number of halogens is 5. The first-order valence-corrected chi connectivity index (χ1v) is 15.0. The van der Waals surface area contributed by atoms with Crippen LogP contribution in [0.25, 0.3) is 11.6 Å². The molecular weight excluding hydrogens is 632 g/mol. The molecule has 1 aliphatic rings. The van der Waals surface area contributed by atoms with Crippen molar-refractivity contribution in [3.05, 3.63) is 76.2 Å². The number of ether oxygens (including phenoxy) is 2. The second-order valence-corrected chi connectivity index (χ2v) is 12.0. The summed E-state index contributed by atoms with van der Waals surface area (Å²) in [6, 6.07) is 9.03. The van der Waals surface area contributed by atoms with Crippen LogP contribution in [0.1, 0.15) is 42.9 Å². The number of hydrogen-bond acceptors (Lipinski definition) is 7. The Balaban J connectivity index is 1.84. The Bertz CT molecular complexity index is 1660. The first kappa shape index (κ1) is 33.0. The van der Waals surface area contributed by atoms with Gasteiger partial charge in [-0.2, -0.15) is 13.2 Å². The van der Waals surface area contributed by atoms with Gasteiger partial charge in [0.25, 0.3) is 10.0 Å². The fourth-order valence-corrected chi connectivity index (χ4v) is 6.54. The van der Waals surface area contributed by atoms with Crippen LogP contribution < -0.4 is 13.8 Å². The van der Waals surface area contributed by atoms with E-state index in [9.17, 15) is 35.9 Å². The van der Waals surface area contributed by atoms with Crippen molar-refractivity contribution in [3.63, 3.8) is 0 Å². The summed E-state index contributed by atoms with van der Waals surface area (Å²) in [7, 11) is -4.84. The van der Waals surface area contributed by atoms with Gasteiger partial charge >= 0.3 is 12.1 Å². The number of carboxylic acids is 1. The maximum Gasteiger partial charge on any atom is 0.417 e. The monoisotopic (exact) mass is 658 g/mol. The Morgan fingerprint density at radius 1 is 1.25 bits per heavy atom. The molecular formula is C29H27ClF4N2O7S. The van der Waals surface area contributed by atoms with Crippen LogP contribution in [0.4, 0.5) is 23.2 Å². The quantitative estimate of drug-likeness (QED) is 0.189. The number of carbonyl (C=O) groups is 1. The Labute approximate surface area is 255 Å². The molecule has 15 heteroatoms. The van der Waals surface area contributed by atoms with E-state index >= 15 is 0 Å². The molecule has 3 aromatic rings. The van der Waals surface area contributed by atoms with E-state index in [4.69, 9.17) is 26.2 Å². The zero-order chi connectivity index (χ0) is 32.2. The van der Waals surface area contributed by atoms with Gasteiger partial charge in [0.1, 0.15) is 24.3 Å². The number of rotatable bonds is 11. The summed E-state index contributed by atoms with van der Waals surface area (Å²) in [4.78, 5) is 13.7. The van der Waals surface area contributed by atoms with Gasteiger partial charge in [-0.3, -0.25) is 9.10 Å². The van der Waals surface area contributed by atoms with Gasteiger partial charge < -0.3 is 19.7 Å². The van der Waals surface area contributed by atoms with E-state index in [2.05, 4.69) is 4.98 Å².